The molecule has 0 spiro atoms. The quantitative estimate of drug-likeness (QED) is 0.640. The van der Waals surface area contributed by atoms with Gasteiger partial charge in [-0.25, -0.2) is 17.7 Å². The van der Waals surface area contributed by atoms with Crippen molar-refractivity contribution < 1.29 is 17.7 Å². The molecular weight excluding hydrogens is 438 g/mol. The summed E-state index contributed by atoms with van der Waals surface area (Å²) in [5.41, 5.74) is -0.542. The molecule has 2 aromatic heterocycles. The van der Waals surface area contributed by atoms with Crippen molar-refractivity contribution in [2.45, 2.75) is 64.5 Å². The Morgan fingerprint density at radius 1 is 1.26 bits per heavy atom. The number of nitrogens with zero attached hydrogens (tertiary/aromatic N) is 3. The van der Waals surface area contributed by atoms with E-state index >= 15 is 0 Å². The van der Waals surface area contributed by atoms with Crippen LogP contribution in [-0.4, -0.2) is 59.7 Å². The van der Waals surface area contributed by atoms with Gasteiger partial charge in [-0.05, 0) is 47.5 Å². The van der Waals surface area contributed by atoms with Gasteiger partial charge in [0.25, 0.3) is 0 Å². The molecule has 0 radical (unpaired) electrons. The highest BCUT2D eigenvalue weighted by Gasteiger charge is 2.34. The first-order chi connectivity index (χ1) is 14.3. The average Bonchev–Trinajstić information content (AvgIpc) is 3.31. The molecule has 0 atom stereocenters. The van der Waals surface area contributed by atoms with E-state index < -0.39 is 15.6 Å². The Labute approximate surface area is 187 Å². The van der Waals surface area contributed by atoms with E-state index in [4.69, 9.17) is 4.52 Å². The summed E-state index contributed by atoms with van der Waals surface area (Å²) in [6.45, 7) is 10.5. The zero-order chi connectivity index (χ0) is 23.0. The van der Waals surface area contributed by atoms with Gasteiger partial charge in [-0.3, -0.25) is 10.1 Å². The van der Waals surface area contributed by atoms with Gasteiger partial charge < -0.3 is 9.84 Å². The minimum absolute atomic E-state index is 0.0533. The van der Waals surface area contributed by atoms with Crippen LogP contribution in [0.1, 0.15) is 56.1 Å². The van der Waals surface area contributed by atoms with Crippen LogP contribution in [0, 0.1) is 6.92 Å². The molecule has 9 nitrogen and oxygen atoms in total. The minimum Gasteiger partial charge on any atom is -0.338 e. The molecule has 0 unspecified atom stereocenters. The summed E-state index contributed by atoms with van der Waals surface area (Å²) in [6.07, 6.45) is 4.37. The summed E-state index contributed by atoms with van der Waals surface area (Å²) in [4.78, 5) is 18.3. The fourth-order valence-electron chi connectivity index (χ4n) is 3.58. The summed E-state index contributed by atoms with van der Waals surface area (Å²) in [5, 5.41) is 11.3. The lowest BCUT2D eigenvalue weighted by Gasteiger charge is -2.35. The summed E-state index contributed by atoms with van der Waals surface area (Å²) in [5.74, 6) is 0.0447. The predicted molar refractivity (Wildman–Crippen MR) is 121 cm³/mol. The van der Waals surface area contributed by atoms with E-state index in [0.717, 1.165) is 9.88 Å². The van der Waals surface area contributed by atoms with Gasteiger partial charge in [0.05, 0.1) is 22.5 Å². The maximum absolute atomic E-state index is 12.9. The Hall–Kier alpha value is -1.82. The number of rotatable bonds is 7. The Morgan fingerprint density at radius 3 is 2.45 bits per heavy atom. The van der Waals surface area contributed by atoms with Crippen LogP contribution < -0.4 is 10.6 Å². The van der Waals surface area contributed by atoms with Crippen molar-refractivity contribution in [3.8, 4) is 0 Å². The number of aryl methyl sites for hydroxylation is 1. The molecule has 1 fully saturated rings. The molecule has 1 amide bonds. The molecule has 172 valence electrons. The molecule has 1 aliphatic heterocycles. The average molecular weight is 470 g/mol. The van der Waals surface area contributed by atoms with Crippen LogP contribution in [0.2, 0.25) is 0 Å². The van der Waals surface area contributed by atoms with E-state index in [0.29, 0.717) is 31.6 Å². The number of hydrogen-bond acceptors (Lipinski definition) is 8. The number of piperidine rings is 1. The first-order valence-corrected chi connectivity index (χ1v) is 12.9. The summed E-state index contributed by atoms with van der Waals surface area (Å²) in [7, 11) is -3.17. The van der Waals surface area contributed by atoms with E-state index in [-0.39, 0.29) is 23.2 Å². The normalized spacial score (nSPS) is 17.1. The van der Waals surface area contributed by atoms with Crippen molar-refractivity contribution in [2.24, 2.45) is 0 Å². The largest absolute Gasteiger partial charge is 0.338 e. The maximum atomic E-state index is 12.9. The molecule has 0 aliphatic carbocycles. The molecule has 3 heterocycles. The SMILES string of the molecule is Cc1ncc(C(C)(C)c2cc(NC(=O)C(C)(C)NC3CCN(S(C)(=O)=O)CC3)on2)s1. The number of amides is 1. The summed E-state index contributed by atoms with van der Waals surface area (Å²) in [6, 6.07) is 1.80. The minimum atomic E-state index is -3.17. The third-order valence-corrected chi connectivity index (χ3v) is 8.22. The van der Waals surface area contributed by atoms with Gasteiger partial charge >= 0.3 is 0 Å². The maximum Gasteiger partial charge on any atom is 0.246 e. The highest BCUT2D eigenvalue weighted by molar-refractivity contribution is 7.88. The van der Waals surface area contributed by atoms with Crippen LogP contribution >= 0.6 is 11.3 Å². The van der Waals surface area contributed by atoms with Crippen molar-refractivity contribution in [1.82, 2.24) is 19.8 Å². The summed E-state index contributed by atoms with van der Waals surface area (Å²) < 4.78 is 30.2. The summed E-state index contributed by atoms with van der Waals surface area (Å²) >= 11 is 1.61. The second-order valence-electron chi connectivity index (χ2n) is 9.10. The van der Waals surface area contributed by atoms with Crippen LogP contribution in [0.3, 0.4) is 0 Å². The van der Waals surface area contributed by atoms with Gasteiger partial charge in [-0.2, -0.15) is 0 Å². The van der Waals surface area contributed by atoms with Gasteiger partial charge in [0.2, 0.25) is 21.8 Å². The van der Waals surface area contributed by atoms with Crippen LogP contribution in [0.15, 0.2) is 16.8 Å². The molecule has 31 heavy (non-hydrogen) atoms. The molecular formula is C20H31N5O4S2. The lowest BCUT2D eigenvalue weighted by Crippen LogP contribution is -2.56. The third kappa shape index (κ3) is 5.51. The smallest absolute Gasteiger partial charge is 0.246 e. The number of anilines is 1. The number of nitrogens with one attached hydrogen (secondary N) is 2. The number of aromatic nitrogens is 2. The lowest BCUT2D eigenvalue weighted by molar-refractivity contribution is -0.121. The highest BCUT2D eigenvalue weighted by Crippen LogP contribution is 2.35. The van der Waals surface area contributed by atoms with E-state index in [9.17, 15) is 13.2 Å². The molecule has 11 heteroatoms. The van der Waals surface area contributed by atoms with Crippen molar-refractivity contribution in [1.29, 1.82) is 0 Å². The van der Waals surface area contributed by atoms with Gasteiger partial charge in [-0.15, -0.1) is 11.3 Å². The van der Waals surface area contributed by atoms with Crippen LogP contribution in [-0.2, 0) is 20.2 Å². The van der Waals surface area contributed by atoms with Crippen molar-refractivity contribution >= 4 is 33.2 Å². The Kier molecular flexibility index (Phi) is 6.62. The topological polar surface area (TPSA) is 117 Å². The molecule has 1 aliphatic rings. The number of sulfonamides is 1. The van der Waals surface area contributed by atoms with E-state index in [1.807, 2.05) is 27.0 Å². The fraction of sp³-hybridized carbons (Fsp3) is 0.650. The number of thiazole rings is 1. The first kappa shape index (κ1) is 23.8. The van der Waals surface area contributed by atoms with E-state index in [2.05, 4.69) is 20.8 Å². The van der Waals surface area contributed by atoms with Crippen molar-refractivity contribution in [2.75, 3.05) is 24.7 Å². The van der Waals surface area contributed by atoms with Crippen LogP contribution in [0.4, 0.5) is 5.88 Å². The van der Waals surface area contributed by atoms with Gasteiger partial charge in [0, 0.05) is 41.7 Å². The Balaban J connectivity index is 1.61. The lowest BCUT2D eigenvalue weighted by atomic mass is 9.88. The zero-order valence-corrected chi connectivity index (χ0v) is 20.5. The number of carbonyl (C=O) groups excluding carboxylic acids is 1. The molecule has 2 aromatic rings. The number of hydrogen-bond donors (Lipinski definition) is 2. The second-order valence-corrected chi connectivity index (χ2v) is 12.3. The Morgan fingerprint density at radius 2 is 1.90 bits per heavy atom. The first-order valence-electron chi connectivity index (χ1n) is 10.2. The molecule has 2 N–H and O–H groups in total. The molecule has 0 bridgehead atoms. The van der Waals surface area contributed by atoms with Crippen molar-refractivity contribution in [3.05, 3.63) is 27.8 Å². The standard InChI is InChI=1S/C20H31N5O4S2/c1-13-21-12-16(30-13)19(2,3)15-11-17(29-24-15)22-18(26)20(4,5)23-14-7-9-25(10-8-14)31(6,27)28/h11-12,14,23H,7-10H2,1-6H3,(H,22,26). The van der Waals surface area contributed by atoms with Gasteiger partial charge in [0.15, 0.2) is 0 Å². The monoisotopic (exact) mass is 469 g/mol. The molecule has 1 saturated heterocycles. The fourth-order valence-corrected chi connectivity index (χ4v) is 5.34. The highest BCUT2D eigenvalue weighted by atomic mass is 32.2. The van der Waals surface area contributed by atoms with E-state index in [1.165, 1.54) is 10.6 Å². The van der Waals surface area contributed by atoms with Gasteiger partial charge in [-0.1, -0.05) is 5.16 Å². The van der Waals surface area contributed by atoms with Crippen molar-refractivity contribution in [3.63, 3.8) is 0 Å². The molecule has 3 rings (SSSR count). The third-order valence-electron chi connectivity index (χ3n) is 5.68. The van der Waals surface area contributed by atoms with E-state index in [1.54, 1.807) is 31.3 Å². The zero-order valence-electron chi connectivity index (χ0n) is 18.9. The Bertz CT molecular complexity index is 1030. The van der Waals surface area contributed by atoms with Crippen LogP contribution in [0.25, 0.3) is 0 Å². The van der Waals surface area contributed by atoms with Crippen LogP contribution in [0.5, 0.6) is 0 Å². The predicted octanol–water partition coefficient (Wildman–Crippen LogP) is 2.50. The molecule has 0 aromatic carbocycles. The van der Waals surface area contributed by atoms with Gasteiger partial charge in [0.1, 0.15) is 0 Å². The second kappa shape index (κ2) is 8.61. The number of carbonyl (C=O) groups is 1. The molecule has 0 saturated carbocycles.